The molecule has 5 atom stereocenters. The molecule has 3 heterocycles. The predicted molar refractivity (Wildman–Crippen MR) is 126 cm³/mol. The minimum Gasteiger partial charge on any atom is -0.481 e. The number of carboxylic acid groups (broad SMARTS) is 1. The number of aliphatic hydroxyl groups is 1. The van der Waals surface area contributed by atoms with Crippen molar-refractivity contribution in [1.82, 2.24) is 4.90 Å². The van der Waals surface area contributed by atoms with Gasteiger partial charge in [-0.25, -0.2) is 0 Å². The Balaban J connectivity index is 1.84. The number of benzene rings is 1. The Morgan fingerprint density at radius 3 is 2.68 bits per heavy atom. The van der Waals surface area contributed by atoms with Crippen molar-refractivity contribution >= 4 is 23.5 Å². The van der Waals surface area contributed by atoms with E-state index in [0.717, 1.165) is 16.8 Å². The van der Waals surface area contributed by atoms with E-state index < -0.39 is 35.0 Å². The van der Waals surface area contributed by atoms with Crippen LogP contribution >= 0.6 is 0 Å². The van der Waals surface area contributed by atoms with Crippen LogP contribution in [-0.4, -0.2) is 69.8 Å². The first kappa shape index (κ1) is 24.4. The number of aliphatic hydroxyl groups excluding tert-OH is 1. The van der Waals surface area contributed by atoms with E-state index in [9.17, 15) is 24.6 Å². The van der Waals surface area contributed by atoms with E-state index in [0.29, 0.717) is 25.7 Å². The minimum absolute atomic E-state index is 0.141. The van der Waals surface area contributed by atoms with Gasteiger partial charge in [0.2, 0.25) is 5.91 Å². The fraction of sp³-hybridized carbons (Fsp3) is 0.577. The molecule has 3 aliphatic heterocycles. The van der Waals surface area contributed by atoms with E-state index in [2.05, 4.69) is 6.58 Å². The largest absolute Gasteiger partial charge is 0.481 e. The van der Waals surface area contributed by atoms with Crippen molar-refractivity contribution in [1.29, 1.82) is 0 Å². The highest BCUT2D eigenvalue weighted by Crippen LogP contribution is 2.64. The third kappa shape index (κ3) is 3.38. The molecular formula is C26H34N2O6. The summed E-state index contributed by atoms with van der Waals surface area (Å²) in [4.78, 5) is 43.5. The first-order valence-electron chi connectivity index (χ1n) is 12.0. The molecule has 0 saturated carbocycles. The summed E-state index contributed by atoms with van der Waals surface area (Å²) in [7, 11) is 0. The highest BCUT2D eigenvalue weighted by atomic mass is 16.5. The Hall–Kier alpha value is -2.71. The third-order valence-corrected chi connectivity index (χ3v) is 7.97. The molecule has 184 valence electrons. The lowest BCUT2D eigenvalue weighted by Gasteiger charge is -2.37. The van der Waals surface area contributed by atoms with Gasteiger partial charge < -0.3 is 24.7 Å². The zero-order chi connectivity index (χ0) is 24.8. The van der Waals surface area contributed by atoms with Crippen molar-refractivity contribution in [3.8, 4) is 0 Å². The fourth-order valence-electron chi connectivity index (χ4n) is 6.45. The molecule has 2 bridgehead atoms. The number of hydrogen-bond donors (Lipinski definition) is 2. The minimum atomic E-state index is -1.19. The van der Waals surface area contributed by atoms with Gasteiger partial charge in [0, 0.05) is 25.4 Å². The summed E-state index contributed by atoms with van der Waals surface area (Å²) in [5, 5.41) is 19.6. The number of rotatable bonds is 9. The van der Waals surface area contributed by atoms with E-state index in [4.69, 9.17) is 4.74 Å². The molecular weight excluding hydrogens is 436 g/mol. The number of carbonyl (C=O) groups is 3. The number of likely N-dealkylation sites (tertiary alicyclic amines) is 1. The average molecular weight is 471 g/mol. The zero-order valence-corrected chi connectivity index (χ0v) is 20.1. The van der Waals surface area contributed by atoms with Crippen LogP contribution in [0.5, 0.6) is 0 Å². The van der Waals surface area contributed by atoms with E-state index in [-0.39, 0.29) is 31.5 Å². The number of hydrogen-bond acceptors (Lipinski definition) is 5. The first-order chi connectivity index (χ1) is 16.2. The van der Waals surface area contributed by atoms with Gasteiger partial charge in [-0.05, 0) is 56.7 Å². The van der Waals surface area contributed by atoms with Crippen molar-refractivity contribution < 1.29 is 29.3 Å². The quantitative estimate of drug-likeness (QED) is 0.537. The van der Waals surface area contributed by atoms with Crippen LogP contribution in [0.25, 0.3) is 0 Å². The highest BCUT2D eigenvalue weighted by molar-refractivity contribution is 6.05. The first-order valence-corrected chi connectivity index (χ1v) is 12.0. The van der Waals surface area contributed by atoms with Crippen LogP contribution in [0.1, 0.15) is 43.7 Å². The number of fused-ring (bicyclic) bond motifs is 1. The van der Waals surface area contributed by atoms with E-state index in [1.807, 2.05) is 39.0 Å². The molecule has 34 heavy (non-hydrogen) atoms. The molecule has 2 amide bonds. The van der Waals surface area contributed by atoms with Crippen LogP contribution in [0, 0.1) is 25.7 Å². The van der Waals surface area contributed by atoms with Gasteiger partial charge in [0.25, 0.3) is 5.91 Å². The standard InChI is InChI=1S/C26H34N2O6/c1-5-12-27(18-15-16(3)8-9-17(18)4)23(31)21-26-11-10-25(6-2,34-26)20(24(32)33)19(26)22(30)28(21)13-7-14-29/h5,8-9,15,19-21,29H,1,6-7,10-14H2,2-4H3,(H,32,33)/t19-,20-,21?,25+,26?/m0/s1. The summed E-state index contributed by atoms with van der Waals surface area (Å²) in [6.45, 7) is 9.83. The molecule has 1 aromatic carbocycles. The summed E-state index contributed by atoms with van der Waals surface area (Å²) < 4.78 is 6.55. The van der Waals surface area contributed by atoms with Crippen LogP contribution in [-0.2, 0) is 19.1 Å². The SMILES string of the molecule is C=CCN(C(=O)C1N(CCCO)C(=O)[C@@H]2[C@@H](C(=O)O)[C@@]3(CC)CCC12O3)c1cc(C)ccc1C. The Morgan fingerprint density at radius 2 is 2.06 bits per heavy atom. The molecule has 3 fully saturated rings. The van der Waals surface area contributed by atoms with Gasteiger partial charge in [-0.3, -0.25) is 14.4 Å². The van der Waals surface area contributed by atoms with Gasteiger partial charge in [0.1, 0.15) is 17.6 Å². The molecule has 1 aromatic rings. The summed E-state index contributed by atoms with van der Waals surface area (Å²) in [5.41, 5.74) is 0.487. The van der Waals surface area contributed by atoms with E-state index >= 15 is 0 Å². The number of anilines is 1. The van der Waals surface area contributed by atoms with Crippen LogP contribution in [0.4, 0.5) is 5.69 Å². The lowest BCUT2D eigenvalue weighted by Crippen LogP contribution is -2.56. The second kappa shape index (κ2) is 8.82. The van der Waals surface area contributed by atoms with Crippen LogP contribution in [0.15, 0.2) is 30.9 Å². The molecule has 1 spiro atoms. The number of amides is 2. The monoisotopic (exact) mass is 470 g/mol. The lowest BCUT2D eigenvalue weighted by molar-refractivity contribution is -0.155. The number of nitrogens with zero attached hydrogens (tertiary/aromatic N) is 2. The maximum Gasteiger partial charge on any atom is 0.310 e. The van der Waals surface area contributed by atoms with Crippen molar-refractivity contribution in [2.75, 3.05) is 24.6 Å². The van der Waals surface area contributed by atoms with Gasteiger partial charge >= 0.3 is 5.97 Å². The molecule has 3 aliphatic rings. The van der Waals surface area contributed by atoms with Gasteiger partial charge in [-0.1, -0.05) is 25.1 Å². The maximum absolute atomic E-state index is 14.3. The Bertz CT molecular complexity index is 1020. The van der Waals surface area contributed by atoms with Crippen LogP contribution in [0.3, 0.4) is 0 Å². The molecule has 0 aromatic heterocycles. The van der Waals surface area contributed by atoms with Crippen LogP contribution in [0.2, 0.25) is 0 Å². The summed E-state index contributed by atoms with van der Waals surface area (Å²) in [6, 6.07) is 4.89. The average Bonchev–Trinajstić information content (AvgIpc) is 3.41. The van der Waals surface area contributed by atoms with E-state index in [1.54, 1.807) is 11.0 Å². The van der Waals surface area contributed by atoms with Gasteiger partial charge in [0.15, 0.2) is 0 Å². The summed E-state index contributed by atoms with van der Waals surface area (Å²) in [6.07, 6.45) is 3.33. The Morgan fingerprint density at radius 1 is 1.32 bits per heavy atom. The third-order valence-electron chi connectivity index (χ3n) is 7.97. The number of ether oxygens (including phenoxy) is 1. The molecule has 8 heteroatoms. The lowest BCUT2D eigenvalue weighted by atomic mass is 9.65. The molecule has 8 nitrogen and oxygen atoms in total. The molecule has 3 saturated heterocycles. The van der Waals surface area contributed by atoms with Gasteiger partial charge in [-0.15, -0.1) is 6.58 Å². The van der Waals surface area contributed by atoms with Gasteiger partial charge in [-0.2, -0.15) is 0 Å². The number of aryl methyl sites for hydroxylation is 2. The van der Waals surface area contributed by atoms with Crippen molar-refractivity contribution in [2.45, 2.75) is 63.7 Å². The molecule has 0 aliphatic carbocycles. The highest BCUT2D eigenvalue weighted by Gasteiger charge is 2.79. The number of carbonyl (C=O) groups excluding carboxylic acids is 2. The second-order valence-corrected chi connectivity index (χ2v) is 9.81. The Kier molecular flexibility index (Phi) is 6.33. The van der Waals surface area contributed by atoms with Crippen LogP contribution < -0.4 is 4.90 Å². The summed E-state index contributed by atoms with van der Waals surface area (Å²) in [5.74, 6) is -3.65. The molecule has 2 unspecified atom stereocenters. The number of carboxylic acids is 1. The summed E-state index contributed by atoms with van der Waals surface area (Å²) >= 11 is 0. The van der Waals surface area contributed by atoms with Crippen molar-refractivity contribution in [3.05, 3.63) is 42.0 Å². The topological polar surface area (TPSA) is 107 Å². The van der Waals surface area contributed by atoms with Crippen molar-refractivity contribution in [2.24, 2.45) is 11.8 Å². The maximum atomic E-state index is 14.3. The molecule has 0 radical (unpaired) electrons. The van der Waals surface area contributed by atoms with E-state index in [1.165, 1.54) is 4.90 Å². The predicted octanol–water partition coefficient (Wildman–Crippen LogP) is 2.44. The van der Waals surface area contributed by atoms with Gasteiger partial charge in [0.05, 0.1) is 11.5 Å². The molecule has 2 N–H and O–H groups in total. The smallest absolute Gasteiger partial charge is 0.310 e. The normalized spacial score (nSPS) is 31.6. The molecule has 4 rings (SSSR count). The second-order valence-electron chi connectivity index (χ2n) is 9.81. The fourth-order valence-corrected chi connectivity index (χ4v) is 6.45. The number of aliphatic carboxylic acids is 1. The van der Waals surface area contributed by atoms with Crippen molar-refractivity contribution in [3.63, 3.8) is 0 Å². The zero-order valence-electron chi connectivity index (χ0n) is 20.1. The Labute approximate surface area is 200 Å².